The van der Waals surface area contributed by atoms with Gasteiger partial charge in [-0.2, -0.15) is 13.2 Å². The molecule has 2 aromatic carbocycles. The van der Waals surface area contributed by atoms with Crippen molar-refractivity contribution in [2.75, 3.05) is 0 Å². The zero-order valence-corrected chi connectivity index (χ0v) is 14.6. The van der Waals surface area contributed by atoms with Crippen LogP contribution in [0, 0.1) is 5.92 Å². The summed E-state index contributed by atoms with van der Waals surface area (Å²) in [6, 6.07) is 14.4. The second-order valence-electron chi connectivity index (χ2n) is 6.38. The number of carbonyl (C=O) groups excluding carboxylic acids is 3. The van der Waals surface area contributed by atoms with Crippen LogP contribution in [-0.4, -0.2) is 29.0 Å². The molecular weight excluding hydrogens is 375 g/mol. The minimum absolute atomic E-state index is 0.0387. The van der Waals surface area contributed by atoms with E-state index >= 15 is 0 Å². The number of alkyl halides is 3. The van der Waals surface area contributed by atoms with E-state index in [0.717, 1.165) is 0 Å². The Bertz CT molecular complexity index is 861. The van der Waals surface area contributed by atoms with Crippen molar-refractivity contribution in [3.8, 4) is 0 Å². The summed E-state index contributed by atoms with van der Waals surface area (Å²) in [7, 11) is 0. The van der Waals surface area contributed by atoms with E-state index in [9.17, 15) is 27.6 Å². The number of hydrogen-bond acceptors (Lipinski definition) is 4. The van der Waals surface area contributed by atoms with Gasteiger partial charge in [-0.05, 0) is 30.5 Å². The van der Waals surface area contributed by atoms with Gasteiger partial charge in [0.2, 0.25) is 0 Å². The summed E-state index contributed by atoms with van der Waals surface area (Å²) < 4.78 is 39.9. The van der Waals surface area contributed by atoms with Gasteiger partial charge in [0.15, 0.2) is 0 Å². The molecule has 1 atom stereocenters. The van der Waals surface area contributed by atoms with E-state index in [1.54, 1.807) is 30.3 Å². The highest BCUT2D eigenvalue weighted by Gasteiger charge is 2.43. The van der Waals surface area contributed by atoms with Gasteiger partial charge in [-0.15, -0.1) is 0 Å². The fourth-order valence-corrected chi connectivity index (χ4v) is 2.96. The van der Waals surface area contributed by atoms with E-state index in [4.69, 9.17) is 4.84 Å². The Morgan fingerprint density at radius 1 is 0.929 bits per heavy atom. The molecule has 0 spiro atoms. The SMILES string of the molecule is O=C(CC(CCc1ccccc1)C(F)(F)F)ON1C(=O)c2ccccc2C1=O. The van der Waals surface area contributed by atoms with E-state index in [0.29, 0.717) is 5.56 Å². The normalized spacial score (nSPS) is 14.8. The lowest BCUT2D eigenvalue weighted by molar-refractivity contribution is -0.194. The molecule has 2 amide bonds. The maximum absolute atomic E-state index is 13.3. The predicted molar refractivity (Wildman–Crippen MR) is 92.0 cm³/mol. The molecule has 0 radical (unpaired) electrons. The van der Waals surface area contributed by atoms with Gasteiger partial charge in [-0.25, -0.2) is 4.79 Å². The minimum atomic E-state index is -4.62. The molecule has 1 aliphatic rings. The number of imide groups is 1. The number of nitrogens with zero attached hydrogens (tertiary/aromatic N) is 1. The summed E-state index contributed by atoms with van der Waals surface area (Å²) in [4.78, 5) is 41.0. The van der Waals surface area contributed by atoms with Gasteiger partial charge in [0.05, 0.1) is 23.5 Å². The lowest BCUT2D eigenvalue weighted by atomic mass is 9.96. The van der Waals surface area contributed by atoms with Crippen LogP contribution >= 0.6 is 0 Å². The van der Waals surface area contributed by atoms with Crippen molar-refractivity contribution in [2.45, 2.75) is 25.4 Å². The first-order chi connectivity index (χ1) is 13.3. The van der Waals surface area contributed by atoms with Gasteiger partial charge in [0.1, 0.15) is 0 Å². The molecule has 0 aliphatic carbocycles. The van der Waals surface area contributed by atoms with Gasteiger partial charge in [0.25, 0.3) is 11.8 Å². The second-order valence-corrected chi connectivity index (χ2v) is 6.38. The highest BCUT2D eigenvalue weighted by Crippen LogP contribution is 2.33. The average molecular weight is 391 g/mol. The van der Waals surface area contributed by atoms with Crippen molar-refractivity contribution >= 4 is 17.8 Å². The Morgan fingerprint density at radius 2 is 1.46 bits per heavy atom. The topological polar surface area (TPSA) is 63.7 Å². The van der Waals surface area contributed by atoms with Crippen LogP contribution in [0.1, 0.15) is 39.1 Å². The summed E-state index contributed by atoms with van der Waals surface area (Å²) in [6.07, 6.45) is -5.78. The van der Waals surface area contributed by atoms with Crippen molar-refractivity contribution in [3.05, 3.63) is 71.3 Å². The number of rotatable bonds is 6. The third-order valence-corrected chi connectivity index (χ3v) is 4.45. The zero-order chi connectivity index (χ0) is 20.3. The number of hydroxylamine groups is 2. The fraction of sp³-hybridized carbons (Fsp3) is 0.250. The molecule has 8 heteroatoms. The molecule has 1 heterocycles. The number of fused-ring (bicyclic) bond motifs is 1. The molecule has 2 aromatic rings. The molecular formula is C20H16F3NO4. The first kappa shape index (κ1) is 19.6. The molecule has 0 fully saturated rings. The molecule has 3 rings (SSSR count). The number of carbonyl (C=O) groups is 3. The minimum Gasteiger partial charge on any atom is -0.330 e. The third kappa shape index (κ3) is 4.21. The van der Waals surface area contributed by atoms with Crippen molar-refractivity contribution in [1.29, 1.82) is 0 Å². The Kier molecular flexibility index (Phi) is 5.48. The van der Waals surface area contributed by atoms with Gasteiger partial charge < -0.3 is 4.84 Å². The van der Waals surface area contributed by atoms with E-state index < -0.39 is 36.3 Å². The van der Waals surface area contributed by atoms with Crippen molar-refractivity contribution < 1.29 is 32.4 Å². The molecule has 0 saturated heterocycles. The lowest BCUT2D eigenvalue weighted by Crippen LogP contribution is -2.35. The Hall–Kier alpha value is -3.16. The predicted octanol–water partition coefficient (Wildman–Crippen LogP) is 3.94. The standard InChI is InChI=1S/C20H16F3NO4/c21-20(22,23)14(11-10-13-6-2-1-3-7-13)12-17(25)28-24-18(26)15-8-4-5-9-16(15)19(24)27/h1-9,14H,10-12H2. The molecule has 146 valence electrons. The van der Waals surface area contributed by atoms with E-state index in [1.807, 2.05) is 0 Å². The van der Waals surface area contributed by atoms with Crippen LogP contribution in [0.5, 0.6) is 0 Å². The van der Waals surface area contributed by atoms with Crippen LogP contribution in [0.25, 0.3) is 0 Å². The molecule has 28 heavy (non-hydrogen) atoms. The molecule has 0 N–H and O–H groups in total. The monoisotopic (exact) mass is 391 g/mol. The highest BCUT2D eigenvalue weighted by atomic mass is 19.4. The van der Waals surface area contributed by atoms with Crippen LogP contribution in [0.15, 0.2) is 54.6 Å². The van der Waals surface area contributed by atoms with E-state index in [-0.39, 0.29) is 29.0 Å². The van der Waals surface area contributed by atoms with Gasteiger partial charge in [-0.1, -0.05) is 47.5 Å². The van der Waals surface area contributed by atoms with Gasteiger partial charge >= 0.3 is 12.1 Å². The van der Waals surface area contributed by atoms with Crippen molar-refractivity contribution in [1.82, 2.24) is 5.06 Å². The molecule has 1 aliphatic heterocycles. The number of aryl methyl sites for hydroxylation is 1. The summed E-state index contributed by atoms with van der Waals surface area (Å²) in [6.45, 7) is 0. The number of amides is 2. The number of benzene rings is 2. The number of halogens is 3. The lowest BCUT2D eigenvalue weighted by Gasteiger charge is -2.20. The zero-order valence-electron chi connectivity index (χ0n) is 14.6. The van der Waals surface area contributed by atoms with Crippen molar-refractivity contribution in [2.24, 2.45) is 5.92 Å². The van der Waals surface area contributed by atoms with Crippen LogP contribution in [0.3, 0.4) is 0 Å². The molecule has 1 unspecified atom stereocenters. The van der Waals surface area contributed by atoms with Crippen molar-refractivity contribution in [3.63, 3.8) is 0 Å². The molecule has 5 nitrogen and oxygen atoms in total. The maximum atomic E-state index is 13.3. The average Bonchev–Trinajstić information content (AvgIpc) is 2.90. The van der Waals surface area contributed by atoms with E-state index in [2.05, 4.69) is 0 Å². The quantitative estimate of drug-likeness (QED) is 0.700. The smallest absolute Gasteiger partial charge is 0.330 e. The third-order valence-electron chi connectivity index (χ3n) is 4.45. The molecule has 0 saturated carbocycles. The Morgan fingerprint density at radius 3 is 2.00 bits per heavy atom. The second kappa shape index (κ2) is 7.84. The van der Waals surface area contributed by atoms with Crippen LogP contribution in [0.2, 0.25) is 0 Å². The highest BCUT2D eigenvalue weighted by molar-refractivity contribution is 6.20. The van der Waals surface area contributed by atoms with E-state index in [1.165, 1.54) is 24.3 Å². The number of hydrogen-bond donors (Lipinski definition) is 0. The fourth-order valence-electron chi connectivity index (χ4n) is 2.96. The Balaban J connectivity index is 1.64. The van der Waals surface area contributed by atoms with Gasteiger partial charge in [-0.3, -0.25) is 9.59 Å². The Labute approximate surface area is 158 Å². The first-order valence-corrected chi connectivity index (χ1v) is 8.56. The molecule has 0 bridgehead atoms. The largest absolute Gasteiger partial charge is 0.392 e. The van der Waals surface area contributed by atoms with Crippen LogP contribution in [0.4, 0.5) is 13.2 Å². The van der Waals surface area contributed by atoms with Crippen LogP contribution in [-0.2, 0) is 16.1 Å². The summed E-state index contributed by atoms with van der Waals surface area (Å²) >= 11 is 0. The van der Waals surface area contributed by atoms with Gasteiger partial charge in [0, 0.05) is 0 Å². The summed E-state index contributed by atoms with van der Waals surface area (Å²) in [5.41, 5.74) is 0.791. The van der Waals surface area contributed by atoms with Crippen LogP contribution < -0.4 is 0 Å². The maximum Gasteiger partial charge on any atom is 0.392 e. The molecule has 0 aromatic heterocycles. The summed E-state index contributed by atoms with van der Waals surface area (Å²) in [5, 5.41) is 0.220. The summed E-state index contributed by atoms with van der Waals surface area (Å²) in [5.74, 6) is -4.98. The first-order valence-electron chi connectivity index (χ1n) is 8.56.